The van der Waals surface area contributed by atoms with E-state index in [0.717, 1.165) is 18.7 Å². The predicted octanol–water partition coefficient (Wildman–Crippen LogP) is 1.79. The fourth-order valence-corrected chi connectivity index (χ4v) is 2.64. The first-order valence-electron chi connectivity index (χ1n) is 6.91. The molecule has 3 heteroatoms. The van der Waals surface area contributed by atoms with Gasteiger partial charge in [-0.05, 0) is 45.0 Å². The van der Waals surface area contributed by atoms with E-state index in [9.17, 15) is 5.11 Å². The lowest BCUT2D eigenvalue weighted by atomic mass is 10.1. The summed E-state index contributed by atoms with van der Waals surface area (Å²) < 4.78 is 0. The zero-order chi connectivity index (χ0) is 12.8. The fraction of sp³-hybridized carbons (Fsp3) is 0.600. The van der Waals surface area contributed by atoms with Gasteiger partial charge in [0.25, 0.3) is 0 Å². The fourth-order valence-electron chi connectivity index (χ4n) is 2.64. The molecule has 1 fully saturated rings. The molecule has 1 aliphatic heterocycles. The number of nitrogens with one attached hydrogen (secondary N) is 1. The molecular weight excluding hydrogens is 224 g/mol. The molecule has 0 bridgehead atoms. The van der Waals surface area contributed by atoms with Crippen molar-refractivity contribution in [3.05, 3.63) is 35.9 Å². The van der Waals surface area contributed by atoms with Gasteiger partial charge in [-0.3, -0.25) is 0 Å². The first-order chi connectivity index (χ1) is 8.77. The number of benzene rings is 1. The van der Waals surface area contributed by atoms with Crippen LogP contribution in [0.3, 0.4) is 0 Å². The van der Waals surface area contributed by atoms with E-state index in [2.05, 4.69) is 17.3 Å². The van der Waals surface area contributed by atoms with Crippen molar-refractivity contribution in [1.82, 2.24) is 10.2 Å². The quantitative estimate of drug-likeness (QED) is 0.853. The molecule has 18 heavy (non-hydrogen) atoms. The van der Waals surface area contributed by atoms with Gasteiger partial charge in [0.05, 0.1) is 6.10 Å². The monoisotopic (exact) mass is 248 g/mol. The summed E-state index contributed by atoms with van der Waals surface area (Å²) in [5.74, 6) is 0. The molecule has 1 saturated heterocycles. The molecule has 0 aliphatic carbocycles. The molecule has 2 rings (SSSR count). The minimum absolute atomic E-state index is 0.382. The normalized spacial score (nSPS) is 22.7. The molecule has 0 aromatic heterocycles. The van der Waals surface area contributed by atoms with Gasteiger partial charge in [-0.1, -0.05) is 30.3 Å². The maximum atomic E-state index is 10.2. The Morgan fingerprint density at radius 3 is 2.83 bits per heavy atom. The Kier molecular flexibility index (Phi) is 5.17. The molecular formula is C15H24N2O. The van der Waals surface area contributed by atoms with E-state index in [4.69, 9.17) is 0 Å². The summed E-state index contributed by atoms with van der Waals surface area (Å²) in [6.07, 6.45) is 3.26. The van der Waals surface area contributed by atoms with Gasteiger partial charge < -0.3 is 15.3 Å². The van der Waals surface area contributed by atoms with Crippen LogP contribution in [0, 0.1) is 0 Å². The molecule has 0 spiro atoms. The van der Waals surface area contributed by atoms with Crippen LogP contribution >= 0.6 is 0 Å². The third kappa shape index (κ3) is 3.80. The summed E-state index contributed by atoms with van der Waals surface area (Å²) >= 11 is 0. The van der Waals surface area contributed by atoms with Crippen LogP contribution in [0.15, 0.2) is 30.3 Å². The van der Waals surface area contributed by atoms with Crippen LogP contribution in [0.2, 0.25) is 0 Å². The van der Waals surface area contributed by atoms with Gasteiger partial charge in [0.1, 0.15) is 0 Å². The average Bonchev–Trinajstić information content (AvgIpc) is 2.68. The Hall–Kier alpha value is -0.900. The summed E-state index contributed by atoms with van der Waals surface area (Å²) in [6.45, 7) is 2.94. The van der Waals surface area contributed by atoms with Crippen molar-refractivity contribution in [1.29, 1.82) is 0 Å². The van der Waals surface area contributed by atoms with Crippen molar-refractivity contribution >= 4 is 0 Å². The summed E-state index contributed by atoms with van der Waals surface area (Å²) in [4.78, 5) is 2.31. The van der Waals surface area contributed by atoms with Crippen LogP contribution in [0.5, 0.6) is 0 Å². The van der Waals surface area contributed by atoms with Crippen molar-refractivity contribution in [2.24, 2.45) is 0 Å². The second-order valence-electron chi connectivity index (χ2n) is 5.20. The number of hydrogen-bond donors (Lipinski definition) is 2. The number of nitrogens with zero attached hydrogens (tertiary/aromatic N) is 1. The first kappa shape index (κ1) is 13.5. The standard InChI is InChI=1S/C15H24N2O/c1-17(14-8-5-10-16-11-9-14)12-15(18)13-6-3-2-4-7-13/h2-4,6-7,14-16,18H,5,8-12H2,1H3. The Morgan fingerprint density at radius 2 is 2.06 bits per heavy atom. The van der Waals surface area contributed by atoms with Gasteiger partial charge in [0.2, 0.25) is 0 Å². The number of hydrogen-bond acceptors (Lipinski definition) is 3. The minimum atomic E-state index is -0.382. The number of aliphatic hydroxyl groups excluding tert-OH is 1. The Bertz CT molecular complexity index is 334. The molecule has 2 unspecified atom stereocenters. The largest absolute Gasteiger partial charge is 0.387 e. The van der Waals surface area contributed by atoms with Crippen LogP contribution in [0.4, 0.5) is 0 Å². The van der Waals surface area contributed by atoms with Crippen molar-refractivity contribution in [3.63, 3.8) is 0 Å². The number of rotatable bonds is 4. The van der Waals surface area contributed by atoms with E-state index < -0.39 is 0 Å². The Morgan fingerprint density at radius 1 is 1.28 bits per heavy atom. The van der Waals surface area contributed by atoms with E-state index in [1.165, 1.54) is 19.3 Å². The van der Waals surface area contributed by atoms with Crippen LogP contribution in [-0.2, 0) is 0 Å². The summed E-state index contributed by atoms with van der Waals surface area (Å²) in [7, 11) is 2.13. The zero-order valence-electron chi connectivity index (χ0n) is 11.2. The molecule has 2 N–H and O–H groups in total. The second-order valence-corrected chi connectivity index (χ2v) is 5.20. The molecule has 0 amide bonds. The molecule has 0 radical (unpaired) electrons. The molecule has 1 heterocycles. The highest BCUT2D eigenvalue weighted by Gasteiger charge is 2.19. The van der Waals surface area contributed by atoms with Crippen LogP contribution in [0.25, 0.3) is 0 Å². The van der Waals surface area contributed by atoms with Gasteiger partial charge in [0.15, 0.2) is 0 Å². The lowest BCUT2D eigenvalue weighted by Gasteiger charge is -2.29. The van der Waals surface area contributed by atoms with Gasteiger partial charge in [0, 0.05) is 12.6 Å². The molecule has 1 aliphatic rings. The third-order valence-corrected chi connectivity index (χ3v) is 3.81. The molecule has 3 nitrogen and oxygen atoms in total. The average molecular weight is 248 g/mol. The maximum absolute atomic E-state index is 10.2. The van der Waals surface area contributed by atoms with E-state index in [1.807, 2.05) is 30.3 Å². The first-order valence-corrected chi connectivity index (χ1v) is 6.91. The molecule has 1 aromatic rings. The summed E-state index contributed by atoms with van der Waals surface area (Å²) in [5, 5.41) is 13.7. The highest BCUT2D eigenvalue weighted by Crippen LogP contribution is 2.17. The van der Waals surface area contributed by atoms with Gasteiger partial charge >= 0.3 is 0 Å². The van der Waals surface area contributed by atoms with Crippen molar-refractivity contribution < 1.29 is 5.11 Å². The van der Waals surface area contributed by atoms with Crippen molar-refractivity contribution in [2.45, 2.75) is 31.4 Å². The summed E-state index contributed by atoms with van der Waals surface area (Å²) in [5.41, 5.74) is 1.01. The van der Waals surface area contributed by atoms with E-state index >= 15 is 0 Å². The SMILES string of the molecule is CN(CC(O)c1ccccc1)C1CCCNCC1. The highest BCUT2D eigenvalue weighted by molar-refractivity contribution is 5.17. The maximum Gasteiger partial charge on any atom is 0.0916 e. The Balaban J connectivity index is 1.88. The van der Waals surface area contributed by atoms with Gasteiger partial charge in [-0.15, -0.1) is 0 Å². The minimum Gasteiger partial charge on any atom is -0.387 e. The smallest absolute Gasteiger partial charge is 0.0916 e. The van der Waals surface area contributed by atoms with Crippen molar-refractivity contribution in [2.75, 3.05) is 26.7 Å². The number of aliphatic hydroxyl groups is 1. The number of likely N-dealkylation sites (N-methyl/N-ethyl adjacent to an activating group) is 1. The lowest BCUT2D eigenvalue weighted by Crippen LogP contribution is -2.35. The molecule has 2 atom stereocenters. The van der Waals surface area contributed by atoms with Crippen LogP contribution in [-0.4, -0.2) is 42.7 Å². The Labute approximate surface area is 110 Å². The van der Waals surface area contributed by atoms with E-state index in [-0.39, 0.29) is 6.10 Å². The third-order valence-electron chi connectivity index (χ3n) is 3.81. The lowest BCUT2D eigenvalue weighted by molar-refractivity contribution is 0.1000. The van der Waals surface area contributed by atoms with E-state index in [1.54, 1.807) is 0 Å². The van der Waals surface area contributed by atoms with Crippen molar-refractivity contribution in [3.8, 4) is 0 Å². The molecule has 1 aromatic carbocycles. The predicted molar refractivity (Wildman–Crippen MR) is 74.5 cm³/mol. The van der Waals surface area contributed by atoms with E-state index in [0.29, 0.717) is 12.6 Å². The van der Waals surface area contributed by atoms with Gasteiger partial charge in [-0.2, -0.15) is 0 Å². The second kappa shape index (κ2) is 6.88. The summed E-state index contributed by atoms with van der Waals surface area (Å²) in [6, 6.07) is 10.5. The van der Waals surface area contributed by atoms with Crippen LogP contribution in [0.1, 0.15) is 30.9 Å². The molecule has 0 saturated carbocycles. The molecule has 100 valence electrons. The van der Waals surface area contributed by atoms with Gasteiger partial charge in [-0.25, -0.2) is 0 Å². The topological polar surface area (TPSA) is 35.5 Å². The highest BCUT2D eigenvalue weighted by atomic mass is 16.3. The van der Waals surface area contributed by atoms with Crippen LogP contribution < -0.4 is 5.32 Å². The zero-order valence-corrected chi connectivity index (χ0v) is 11.2.